The van der Waals surface area contributed by atoms with E-state index >= 15 is 0 Å². The number of benzene rings is 1. The Kier molecular flexibility index (Phi) is 4.50. The second kappa shape index (κ2) is 6.74. The standard InChI is InChI=1S/C17H19N3O4/c1-3-23-17(22)13-10-19(2)16(21)15-14(9-18-20(13)15)24-11-12-7-5-4-6-8-12/h4-9,13H,3,10-11H2,1-2H3. The molecule has 0 spiro atoms. The lowest BCUT2D eigenvalue weighted by Gasteiger charge is -2.29. The van der Waals surface area contributed by atoms with E-state index in [9.17, 15) is 9.59 Å². The number of hydrogen-bond acceptors (Lipinski definition) is 5. The molecule has 0 saturated heterocycles. The molecular formula is C17H19N3O4. The fourth-order valence-corrected chi connectivity index (χ4v) is 2.64. The van der Waals surface area contributed by atoms with E-state index in [1.807, 2.05) is 30.3 Å². The summed E-state index contributed by atoms with van der Waals surface area (Å²) in [6, 6.07) is 8.98. The molecular weight excluding hydrogens is 310 g/mol. The summed E-state index contributed by atoms with van der Waals surface area (Å²) < 4.78 is 12.2. The summed E-state index contributed by atoms with van der Waals surface area (Å²) in [6.45, 7) is 2.57. The molecule has 2 heterocycles. The molecule has 1 atom stereocenters. The van der Waals surface area contributed by atoms with Crippen LogP contribution >= 0.6 is 0 Å². The van der Waals surface area contributed by atoms with E-state index in [1.54, 1.807) is 14.0 Å². The van der Waals surface area contributed by atoms with Crippen molar-refractivity contribution in [1.29, 1.82) is 0 Å². The number of nitrogens with zero attached hydrogens (tertiary/aromatic N) is 3. The normalized spacial score (nSPS) is 16.7. The molecule has 1 aliphatic rings. The number of carbonyl (C=O) groups is 2. The molecule has 2 aromatic rings. The largest absolute Gasteiger partial charge is 0.485 e. The van der Waals surface area contributed by atoms with Crippen molar-refractivity contribution < 1.29 is 19.1 Å². The quantitative estimate of drug-likeness (QED) is 0.780. The zero-order chi connectivity index (χ0) is 17.1. The van der Waals surface area contributed by atoms with E-state index < -0.39 is 12.0 Å². The topological polar surface area (TPSA) is 73.7 Å². The molecule has 0 bridgehead atoms. The molecule has 1 aromatic heterocycles. The average Bonchev–Trinajstić information content (AvgIpc) is 3.01. The van der Waals surface area contributed by atoms with Gasteiger partial charge in [0.25, 0.3) is 5.91 Å². The van der Waals surface area contributed by atoms with Crippen molar-refractivity contribution in [3.63, 3.8) is 0 Å². The summed E-state index contributed by atoms with van der Waals surface area (Å²) in [5.74, 6) is -0.267. The number of fused-ring (bicyclic) bond motifs is 1. The average molecular weight is 329 g/mol. The van der Waals surface area contributed by atoms with E-state index in [1.165, 1.54) is 15.8 Å². The summed E-state index contributed by atoms with van der Waals surface area (Å²) in [7, 11) is 1.64. The van der Waals surface area contributed by atoms with Crippen molar-refractivity contribution >= 4 is 11.9 Å². The van der Waals surface area contributed by atoms with Gasteiger partial charge in [0.2, 0.25) is 0 Å². The van der Waals surface area contributed by atoms with Gasteiger partial charge in [-0.25, -0.2) is 9.48 Å². The van der Waals surface area contributed by atoms with Gasteiger partial charge >= 0.3 is 5.97 Å². The highest BCUT2D eigenvalue weighted by Gasteiger charge is 2.37. The third-order valence-corrected chi connectivity index (χ3v) is 3.85. The lowest BCUT2D eigenvalue weighted by molar-refractivity contribution is -0.148. The fraction of sp³-hybridized carbons (Fsp3) is 0.353. The first-order chi connectivity index (χ1) is 11.6. The number of amides is 1. The van der Waals surface area contributed by atoms with Crippen molar-refractivity contribution in [3.05, 3.63) is 47.8 Å². The van der Waals surface area contributed by atoms with Crippen molar-refractivity contribution in [2.24, 2.45) is 0 Å². The first-order valence-corrected chi connectivity index (χ1v) is 7.78. The molecule has 7 nitrogen and oxygen atoms in total. The summed E-state index contributed by atoms with van der Waals surface area (Å²) in [5, 5.41) is 4.18. The minimum Gasteiger partial charge on any atom is -0.485 e. The van der Waals surface area contributed by atoms with Gasteiger partial charge in [0.15, 0.2) is 17.5 Å². The molecule has 7 heteroatoms. The maximum Gasteiger partial charge on any atom is 0.332 e. The van der Waals surface area contributed by atoms with Crippen LogP contribution in [0.25, 0.3) is 0 Å². The Balaban J connectivity index is 1.86. The van der Waals surface area contributed by atoms with Gasteiger partial charge in [-0.2, -0.15) is 5.10 Å². The van der Waals surface area contributed by atoms with Gasteiger partial charge in [-0.1, -0.05) is 30.3 Å². The molecule has 0 radical (unpaired) electrons. The van der Waals surface area contributed by atoms with Crippen LogP contribution in [-0.2, 0) is 16.1 Å². The minimum absolute atomic E-state index is 0.226. The second-order valence-corrected chi connectivity index (χ2v) is 5.53. The van der Waals surface area contributed by atoms with E-state index in [0.717, 1.165) is 5.56 Å². The van der Waals surface area contributed by atoms with E-state index in [0.29, 0.717) is 12.4 Å². The summed E-state index contributed by atoms with van der Waals surface area (Å²) in [6.07, 6.45) is 1.47. The van der Waals surface area contributed by atoms with Gasteiger partial charge in [0.1, 0.15) is 6.61 Å². The van der Waals surface area contributed by atoms with Crippen LogP contribution in [0.3, 0.4) is 0 Å². The third-order valence-electron chi connectivity index (χ3n) is 3.85. The third kappa shape index (κ3) is 2.97. The van der Waals surface area contributed by atoms with Crippen LogP contribution in [0.4, 0.5) is 0 Å². The zero-order valence-electron chi connectivity index (χ0n) is 13.6. The fourth-order valence-electron chi connectivity index (χ4n) is 2.64. The molecule has 24 heavy (non-hydrogen) atoms. The molecule has 0 fully saturated rings. The predicted molar refractivity (Wildman–Crippen MR) is 85.6 cm³/mol. The van der Waals surface area contributed by atoms with Crippen LogP contribution in [0.1, 0.15) is 29.0 Å². The first kappa shape index (κ1) is 16.0. The Labute approximate surface area is 139 Å². The number of rotatable bonds is 5. The number of aromatic nitrogens is 2. The number of hydrogen-bond donors (Lipinski definition) is 0. The summed E-state index contributed by atoms with van der Waals surface area (Å²) in [5.41, 5.74) is 1.26. The highest BCUT2D eigenvalue weighted by atomic mass is 16.5. The summed E-state index contributed by atoms with van der Waals surface area (Å²) >= 11 is 0. The summed E-state index contributed by atoms with van der Waals surface area (Å²) in [4.78, 5) is 26.1. The Bertz CT molecular complexity index is 742. The number of likely N-dealkylation sites (N-methyl/N-ethyl adjacent to an activating group) is 1. The maximum atomic E-state index is 12.5. The van der Waals surface area contributed by atoms with E-state index in [4.69, 9.17) is 9.47 Å². The number of esters is 1. The SMILES string of the molecule is CCOC(=O)C1CN(C)C(=O)c2c(OCc3ccccc3)cnn21. The molecule has 0 saturated carbocycles. The van der Waals surface area contributed by atoms with Gasteiger partial charge < -0.3 is 14.4 Å². The first-order valence-electron chi connectivity index (χ1n) is 7.78. The van der Waals surface area contributed by atoms with Crippen LogP contribution in [0, 0.1) is 0 Å². The van der Waals surface area contributed by atoms with Gasteiger partial charge in [-0.3, -0.25) is 4.79 Å². The highest BCUT2D eigenvalue weighted by molar-refractivity contribution is 5.97. The van der Waals surface area contributed by atoms with Crippen molar-refractivity contribution in [3.8, 4) is 5.75 Å². The molecule has 1 unspecified atom stereocenters. The molecule has 1 aromatic carbocycles. The monoisotopic (exact) mass is 329 g/mol. The van der Waals surface area contributed by atoms with Gasteiger partial charge in [0, 0.05) is 7.05 Å². The Morgan fingerprint density at radius 1 is 1.33 bits per heavy atom. The van der Waals surface area contributed by atoms with E-state index in [2.05, 4.69) is 5.10 Å². The van der Waals surface area contributed by atoms with Gasteiger partial charge in [-0.15, -0.1) is 0 Å². The van der Waals surface area contributed by atoms with Crippen molar-refractivity contribution in [2.45, 2.75) is 19.6 Å². The van der Waals surface area contributed by atoms with Crippen molar-refractivity contribution in [2.75, 3.05) is 20.2 Å². The molecule has 3 rings (SSSR count). The molecule has 0 aliphatic carbocycles. The van der Waals surface area contributed by atoms with Crippen LogP contribution < -0.4 is 4.74 Å². The minimum atomic E-state index is -0.656. The molecule has 1 aliphatic heterocycles. The Hall–Kier alpha value is -2.83. The molecule has 0 N–H and O–H groups in total. The van der Waals surface area contributed by atoms with Crippen LogP contribution in [0.15, 0.2) is 36.5 Å². The van der Waals surface area contributed by atoms with E-state index in [-0.39, 0.29) is 24.8 Å². The van der Waals surface area contributed by atoms with Gasteiger partial charge in [-0.05, 0) is 12.5 Å². The number of carbonyl (C=O) groups excluding carboxylic acids is 2. The Morgan fingerprint density at radius 3 is 2.79 bits per heavy atom. The lowest BCUT2D eigenvalue weighted by atomic mass is 10.2. The smallest absolute Gasteiger partial charge is 0.332 e. The number of ether oxygens (including phenoxy) is 2. The van der Waals surface area contributed by atoms with Crippen molar-refractivity contribution in [1.82, 2.24) is 14.7 Å². The zero-order valence-corrected chi connectivity index (χ0v) is 13.6. The van der Waals surface area contributed by atoms with Crippen LogP contribution in [-0.4, -0.2) is 46.8 Å². The predicted octanol–water partition coefficient (Wildman–Crippen LogP) is 1.65. The highest BCUT2D eigenvalue weighted by Crippen LogP contribution is 2.28. The van der Waals surface area contributed by atoms with Crippen LogP contribution in [0.5, 0.6) is 5.75 Å². The lowest BCUT2D eigenvalue weighted by Crippen LogP contribution is -2.44. The Morgan fingerprint density at radius 2 is 2.08 bits per heavy atom. The van der Waals surface area contributed by atoms with Crippen LogP contribution in [0.2, 0.25) is 0 Å². The van der Waals surface area contributed by atoms with Gasteiger partial charge in [0.05, 0.1) is 19.3 Å². The maximum absolute atomic E-state index is 12.5. The molecule has 1 amide bonds. The molecule has 126 valence electrons. The second-order valence-electron chi connectivity index (χ2n) is 5.53.